The van der Waals surface area contributed by atoms with Crippen molar-refractivity contribution < 1.29 is 15.3 Å². The van der Waals surface area contributed by atoms with Gasteiger partial charge >= 0.3 is 0 Å². The van der Waals surface area contributed by atoms with Crippen molar-refractivity contribution in [3.8, 4) is 17.2 Å². The Balaban J connectivity index is 1.43. The molecule has 0 amide bonds. The van der Waals surface area contributed by atoms with Crippen LogP contribution in [0.4, 0.5) is 0 Å². The van der Waals surface area contributed by atoms with Crippen LogP contribution in [-0.4, -0.2) is 35.1 Å². The van der Waals surface area contributed by atoms with Crippen LogP contribution in [0.15, 0.2) is 109 Å². The highest BCUT2D eigenvalue weighted by molar-refractivity contribution is 5.44. The number of rotatable bonds is 12. The number of phenolic OH excluding ortho intramolecular Hbond substituents is 3. The number of phenols is 3. The topological polar surface area (TPSA) is 93.0 Å². The SMILES string of the molecule is Cc1cc(CN(Cc2ccccn2)Cc2ccccc2O)c(O)c(CN(Cc2ccccn2)Cc2ccccc2O)c1. The first-order valence-electron chi connectivity index (χ1n) is 14.0. The lowest BCUT2D eigenvalue weighted by molar-refractivity contribution is 0.231. The molecule has 0 aliphatic carbocycles. The molecule has 0 bridgehead atoms. The average molecular weight is 561 g/mol. The van der Waals surface area contributed by atoms with E-state index in [0.29, 0.717) is 39.3 Å². The molecule has 0 unspecified atom stereocenters. The van der Waals surface area contributed by atoms with Crippen molar-refractivity contribution in [3.63, 3.8) is 0 Å². The summed E-state index contributed by atoms with van der Waals surface area (Å²) in [6, 6.07) is 30.4. The van der Waals surface area contributed by atoms with Gasteiger partial charge < -0.3 is 15.3 Å². The number of aromatic nitrogens is 2. The molecule has 7 heteroatoms. The molecule has 0 aliphatic heterocycles. The van der Waals surface area contributed by atoms with Gasteiger partial charge in [0.1, 0.15) is 17.2 Å². The second-order valence-electron chi connectivity index (χ2n) is 10.6. The third-order valence-corrected chi connectivity index (χ3v) is 7.19. The zero-order chi connectivity index (χ0) is 29.3. The standard InChI is InChI=1S/C35H36N4O3/c1-26-18-29(22-38(24-31-12-6-8-16-36-31)20-27-10-2-4-14-33(27)40)35(42)30(19-26)23-39(25-32-13-7-9-17-37-32)21-28-11-3-5-15-34(28)41/h2-19,40-42H,20-25H2,1H3. The smallest absolute Gasteiger partial charge is 0.124 e. The van der Waals surface area contributed by atoms with Crippen molar-refractivity contribution in [1.82, 2.24) is 19.8 Å². The molecule has 0 atom stereocenters. The molecule has 0 aliphatic rings. The maximum atomic E-state index is 11.6. The van der Waals surface area contributed by atoms with E-state index in [0.717, 1.165) is 39.2 Å². The number of hydrogen-bond acceptors (Lipinski definition) is 7. The fourth-order valence-electron chi connectivity index (χ4n) is 5.20. The van der Waals surface area contributed by atoms with Gasteiger partial charge in [-0.1, -0.05) is 66.2 Å². The first kappa shape index (κ1) is 28.8. The summed E-state index contributed by atoms with van der Waals surface area (Å²) < 4.78 is 0. The van der Waals surface area contributed by atoms with E-state index in [4.69, 9.17) is 0 Å². The van der Waals surface area contributed by atoms with E-state index in [1.54, 1.807) is 24.5 Å². The number of para-hydroxylation sites is 2. The molecule has 3 N–H and O–H groups in total. The largest absolute Gasteiger partial charge is 0.508 e. The van der Waals surface area contributed by atoms with Gasteiger partial charge in [-0.25, -0.2) is 0 Å². The zero-order valence-electron chi connectivity index (χ0n) is 23.8. The first-order valence-corrected chi connectivity index (χ1v) is 14.0. The van der Waals surface area contributed by atoms with Crippen molar-refractivity contribution in [3.05, 3.63) is 149 Å². The van der Waals surface area contributed by atoms with Crippen LogP contribution in [0.3, 0.4) is 0 Å². The number of benzene rings is 3. The lowest BCUT2D eigenvalue weighted by Gasteiger charge is -2.26. The number of aryl methyl sites for hydroxylation is 1. The van der Waals surface area contributed by atoms with Crippen molar-refractivity contribution in [1.29, 1.82) is 0 Å². The predicted molar refractivity (Wildman–Crippen MR) is 163 cm³/mol. The molecule has 0 radical (unpaired) electrons. The van der Waals surface area contributed by atoms with Gasteiger partial charge in [0, 0.05) is 73.9 Å². The van der Waals surface area contributed by atoms with Crippen molar-refractivity contribution >= 4 is 0 Å². The highest BCUT2D eigenvalue weighted by Gasteiger charge is 2.19. The Kier molecular flexibility index (Phi) is 9.44. The zero-order valence-corrected chi connectivity index (χ0v) is 23.8. The molecule has 5 rings (SSSR count). The minimum Gasteiger partial charge on any atom is -0.508 e. The van der Waals surface area contributed by atoms with Crippen LogP contribution in [0, 0.1) is 6.92 Å². The molecule has 214 valence electrons. The molecular weight excluding hydrogens is 524 g/mol. The van der Waals surface area contributed by atoms with Crippen molar-refractivity contribution in [2.75, 3.05) is 0 Å². The lowest BCUT2D eigenvalue weighted by Crippen LogP contribution is -2.24. The minimum atomic E-state index is 0.243. The summed E-state index contributed by atoms with van der Waals surface area (Å²) in [6.45, 7) is 5.05. The van der Waals surface area contributed by atoms with Crippen molar-refractivity contribution in [2.45, 2.75) is 46.2 Å². The summed E-state index contributed by atoms with van der Waals surface area (Å²) in [7, 11) is 0. The van der Waals surface area contributed by atoms with E-state index in [2.05, 4.69) is 19.8 Å². The normalized spacial score (nSPS) is 11.3. The number of nitrogens with zero attached hydrogens (tertiary/aromatic N) is 4. The first-order chi connectivity index (χ1) is 20.4. The van der Waals surface area contributed by atoms with Gasteiger partial charge in [0.15, 0.2) is 0 Å². The van der Waals surface area contributed by atoms with Crippen LogP contribution >= 0.6 is 0 Å². The Morgan fingerprint density at radius 2 is 0.905 bits per heavy atom. The number of aromatic hydroxyl groups is 3. The number of hydrogen-bond donors (Lipinski definition) is 3. The van der Waals surface area contributed by atoms with Crippen LogP contribution in [0.5, 0.6) is 17.2 Å². The van der Waals surface area contributed by atoms with Gasteiger partial charge in [-0.3, -0.25) is 19.8 Å². The van der Waals surface area contributed by atoms with Crippen LogP contribution in [0.25, 0.3) is 0 Å². The molecule has 42 heavy (non-hydrogen) atoms. The molecule has 0 spiro atoms. The molecule has 5 aromatic rings. The summed E-state index contributed by atoms with van der Waals surface area (Å²) in [5, 5.41) is 32.6. The van der Waals surface area contributed by atoms with Gasteiger partial charge in [0.2, 0.25) is 0 Å². The fraction of sp³-hybridized carbons (Fsp3) is 0.200. The van der Waals surface area contributed by atoms with Gasteiger partial charge in [-0.2, -0.15) is 0 Å². The Morgan fingerprint density at radius 3 is 1.31 bits per heavy atom. The summed E-state index contributed by atoms with van der Waals surface area (Å²) in [5.41, 5.74) is 6.08. The third kappa shape index (κ3) is 7.72. The van der Waals surface area contributed by atoms with E-state index in [1.165, 1.54) is 0 Å². The quantitative estimate of drug-likeness (QED) is 0.165. The Bertz CT molecular complexity index is 1480. The third-order valence-electron chi connectivity index (χ3n) is 7.19. The second-order valence-corrected chi connectivity index (χ2v) is 10.6. The highest BCUT2D eigenvalue weighted by atomic mass is 16.3. The Morgan fingerprint density at radius 1 is 0.500 bits per heavy atom. The Hall–Kier alpha value is -4.72. The Labute approximate surface area is 247 Å². The molecule has 7 nitrogen and oxygen atoms in total. The van der Waals surface area contributed by atoms with E-state index < -0.39 is 0 Å². The second kappa shape index (κ2) is 13.8. The van der Waals surface area contributed by atoms with Crippen LogP contribution in [0.2, 0.25) is 0 Å². The summed E-state index contributed by atoms with van der Waals surface area (Å²) in [4.78, 5) is 13.4. The number of pyridine rings is 2. The van der Waals surface area contributed by atoms with Gasteiger partial charge in [-0.15, -0.1) is 0 Å². The monoisotopic (exact) mass is 560 g/mol. The summed E-state index contributed by atoms with van der Waals surface area (Å²) in [6.07, 6.45) is 3.55. The van der Waals surface area contributed by atoms with Gasteiger partial charge in [0.25, 0.3) is 0 Å². The maximum Gasteiger partial charge on any atom is 0.124 e. The lowest BCUT2D eigenvalue weighted by atomic mass is 10.0. The van der Waals surface area contributed by atoms with Crippen molar-refractivity contribution in [2.24, 2.45) is 0 Å². The molecule has 3 aromatic carbocycles. The van der Waals surface area contributed by atoms with Gasteiger partial charge in [0.05, 0.1) is 11.4 Å². The molecule has 0 fully saturated rings. The average Bonchev–Trinajstić information content (AvgIpc) is 2.99. The molecule has 0 saturated heterocycles. The minimum absolute atomic E-state index is 0.243. The summed E-state index contributed by atoms with van der Waals surface area (Å²) >= 11 is 0. The van der Waals surface area contributed by atoms with Crippen LogP contribution < -0.4 is 0 Å². The molecule has 2 aromatic heterocycles. The van der Waals surface area contributed by atoms with Crippen LogP contribution in [-0.2, 0) is 39.3 Å². The predicted octanol–water partition coefficient (Wildman–Crippen LogP) is 6.31. The van der Waals surface area contributed by atoms with Gasteiger partial charge in [-0.05, 0) is 43.3 Å². The van der Waals surface area contributed by atoms with E-state index >= 15 is 0 Å². The van der Waals surface area contributed by atoms with E-state index in [9.17, 15) is 15.3 Å². The maximum absolute atomic E-state index is 11.6. The fourth-order valence-corrected chi connectivity index (χ4v) is 5.20. The summed E-state index contributed by atoms with van der Waals surface area (Å²) in [5.74, 6) is 0.728. The molecular formula is C35H36N4O3. The van der Waals surface area contributed by atoms with E-state index in [1.807, 2.05) is 91.9 Å². The van der Waals surface area contributed by atoms with Crippen LogP contribution in [0.1, 0.15) is 39.2 Å². The molecule has 0 saturated carbocycles. The molecule has 2 heterocycles. The van der Waals surface area contributed by atoms with E-state index in [-0.39, 0.29) is 17.2 Å². The highest BCUT2D eigenvalue weighted by Crippen LogP contribution is 2.30.